The van der Waals surface area contributed by atoms with Crippen molar-refractivity contribution in [2.24, 2.45) is 0 Å². The first-order chi connectivity index (χ1) is 9.01. The molecule has 0 heterocycles. The Morgan fingerprint density at radius 2 is 1.85 bits per heavy atom. The van der Waals surface area contributed by atoms with E-state index in [2.05, 4.69) is 10.0 Å². The lowest BCUT2D eigenvalue weighted by Gasteiger charge is -2.22. The second kappa shape index (κ2) is 6.20. The van der Waals surface area contributed by atoms with Gasteiger partial charge in [0, 0.05) is 18.1 Å². The molecule has 0 aliphatic carbocycles. The summed E-state index contributed by atoms with van der Waals surface area (Å²) in [6.07, 6.45) is 0. The van der Waals surface area contributed by atoms with Gasteiger partial charge in [0.05, 0.1) is 4.90 Å². The number of sulfonamides is 1. The van der Waals surface area contributed by atoms with E-state index in [4.69, 9.17) is 0 Å². The first-order valence-electron chi connectivity index (χ1n) is 6.57. The van der Waals surface area contributed by atoms with Crippen molar-refractivity contribution in [1.82, 2.24) is 10.0 Å². The normalized spacial score (nSPS) is 12.9. The molecule has 0 saturated heterocycles. The van der Waals surface area contributed by atoms with Crippen molar-refractivity contribution in [3.63, 3.8) is 0 Å². The summed E-state index contributed by atoms with van der Waals surface area (Å²) in [4.78, 5) is -0.0134. The molecular formula is C14H23FN2O2S. The fourth-order valence-corrected chi connectivity index (χ4v) is 3.37. The zero-order valence-corrected chi connectivity index (χ0v) is 13.4. The number of benzene rings is 1. The minimum atomic E-state index is -3.75. The third-order valence-electron chi connectivity index (χ3n) is 2.46. The maximum atomic E-state index is 13.4. The Hall–Kier alpha value is -0.980. The topological polar surface area (TPSA) is 58.2 Å². The van der Waals surface area contributed by atoms with Crippen LogP contribution in [0.15, 0.2) is 23.1 Å². The predicted molar refractivity (Wildman–Crippen MR) is 78.5 cm³/mol. The van der Waals surface area contributed by atoms with Crippen LogP contribution in [0.1, 0.15) is 40.2 Å². The lowest BCUT2D eigenvalue weighted by atomic mass is 10.1. The standard InChI is InChI=1S/C14H23FN2O2S/c1-10(2)16-9-11-6-7-12(15)8-13(11)20(18,19)17-14(3,4)5/h6-8,10,16-17H,9H2,1-5H3. The lowest BCUT2D eigenvalue weighted by molar-refractivity contribution is 0.489. The molecule has 0 aliphatic heterocycles. The summed E-state index contributed by atoms with van der Waals surface area (Å²) in [5.74, 6) is -0.562. The maximum Gasteiger partial charge on any atom is 0.241 e. The molecule has 0 atom stereocenters. The smallest absolute Gasteiger partial charge is 0.241 e. The Morgan fingerprint density at radius 1 is 1.25 bits per heavy atom. The molecule has 0 fully saturated rings. The monoisotopic (exact) mass is 302 g/mol. The van der Waals surface area contributed by atoms with Crippen molar-refractivity contribution in [1.29, 1.82) is 0 Å². The molecule has 1 aromatic rings. The second-order valence-corrected chi connectivity index (χ2v) is 7.79. The van der Waals surface area contributed by atoms with E-state index in [1.807, 2.05) is 13.8 Å². The Kier molecular flexibility index (Phi) is 5.29. The van der Waals surface area contributed by atoms with Crippen LogP contribution in [0.4, 0.5) is 4.39 Å². The molecule has 0 bridgehead atoms. The molecule has 1 aromatic carbocycles. The molecule has 0 unspecified atom stereocenters. The van der Waals surface area contributed by atoms with Crippen LogP contribution < -0.4 is 10.0 Å². The molecule has 0 aliphatic rings. The quantitative estimate of drug-likeness (QED) is 0.878. The second-order valence-electron chi connectivity index (χ2n) is 6.14. The fraction of sp³-hybridized carbons (Fsp3) is 0.571. The van der Waals surface area contributed by atoms with Crippen molar-refractivity contribution in [2.75, 3.05) is 0 Å². The van der Waals surface area contributed by atoms with Crippen LogP contribution in [0.3, 0.4) is 0 Å². The van der Waals surface area contributed by atoms with Gasteiger partial charge in [-0.05, 0) is 38.5 Å². The highest BCUT2D eigenvalue weighted by molar-refractivity contribution is 7.89. The number of nitrogens with one attached hydrogen (secondary N) is 2. The van der Waals surface area contributed by atoms with Gasteiger partial charge < -0.3 is 5.32 Å². The van der Waals surface area contributed by atoms with Gasteiger partial charge in [-0.15, -0.1) is 0 Å². The van der Waals surface area contributed by atoms with Gasteiger partial charge in [-0.3, -0.25) is 0 Å². The van der Waals surface area contributed by atoms with Gasteiger partial charge in [-0.25, -0.2) is 17.5 Å². The third kappa shape index (κ3) is 5.19. The van der Waals surface area contributed by atoms with Crippen LogP contribution in [0.25, 0.3) is 0 Å². The van der Waals surface area contributed by atoms with E-state index >= 15 is 0 Å². The van der Waals surface area contributed by atoms with E-state index in [-0.39, 0.29) is 10.9 Å². The molecule has 0 amide bonds. The van der Waals surface area contributed by atoms with Crippen LogP contribution in [-0.2, 0) is 16.6 Å². The molecule has 0 radical (unpaired) electrons. The summed E-state index contributed by atoms with van der Waals surface area (Å²) < 4.78 is 40.7. The lowest BCUT2D eigenvalue weighted by Crippen LogP contribution is -2.41. The van der Waals surface area contributed by atoms with Gasteiger partial charge in [-0.2, -0.15) is 0 Å². The molecule has 1 rings (SSSR count). The van der Waals surface area contributed by atoms with Gasteiger partial charge >= 0.3 is 0 Å². The maximum absolute atomic E-state index is 13.4. The summed E-state index contributed by atoms with van der Waals surface area (Å²) in [5, 5.41) is 3.14. The van der Waals surface area contributed by atoms with E-state index in [0.29, 0.717) is 12.1 Å². The van der Waals surface area contributed by atoms with E-state index in [0.717, 1.165) is 6.07 Å². The van der Waals surface area contributed by atoms with Crippen LogP contribution in [0.5, 0.6) is 0 Å². The van der Waals surface area contributed by atoms with Crippen LogP contribution in [-0.4, -0.2) is 20.0 Å². The van der Waals surface area contributed by atoms with Crippen LogP contribution >= 0.6 is 0 Å². The molecule has 0 aromatic heterocycles. The summed E-state index contributed by atoms with van der Waals surface area (Å²) in [7, 11) is -3.75. The Morgan fingerprint density at radius 3 is 2.35 bits per heavy atom. The van der Waals surface area contributed by atoms with Crippen LogP contribution in [0.2, 0.25) is 0 Å². The molecule has 0 saturated carbocycles. The van der Waals surface area contributed by atoms with Crippen molar-refractivity contribution in [2.45, 2.75) is 57.6 Å². The summed E-state index contributed by atoms with van der Waals surface area (Å²) in [6, 6.07) is 4.05. The molecular weight excluding hydrogens is 279 g/mol. The highest BCUT2D eigenvalue weighted by Crippen LogP contribution is 2.19. The zero-order valence-electron chi connectivity index (χ0n) is 12.6. The Bertz CT molecular complexity index is 563. The van der Waals surface area contributed by atoms with Gasteiger partial charge in [0.25, 0.3) is 0 Å². The van der Waals surface area contributed by atoms with Crippen molar-refractivity contribution >= 4 is 10.0 Å². The van der Waals surface area contributed by atoms with Gasteiger partial charge in [0.2, 0.25) is 10.0 Å². The number of hydrogen-bond acceptors (Lipinski definition) is 3. The average Bonchev–Trinajstić information content (AvgIpc) is 2.23. The molecule has 114 valence electrons. The van der Waals surface area contributed by atoms with E-state index in [9.17, 15) is 12.8 Å². The first kappa shape index (κ1) is 17.1. The van der Waals surface area contributed by atoms with E-state index in [1.165, 1.54) is 12.1 Å². The summed E-state index contributed by atoms with van der Waals surface area (Å²) in [6.45, 7) is 9.54. The minimum Gasteiger partial charge on any atom is -0.310 e. The highest BCUT2D eigenvalue weighted by atomic mass is 32.2. The molecule has 2 N–H and O–H groups in total. The number of halogens is 1. The van der Waals surface area contributed by atoms with Crippen molar-refractivity contribution in [3.05, 3.63) is 29.6 Å². The molecule has 20 heavy (non-hydrogen) atoms. The van der Waals surface area contributed by atoms with Crippen molar-refractivity contribution < 1.29 is 12.8 Å². The number of hydrogen-bond donors (Lipinski definition) is 2. The third-order valence-corrected chi connectivity index (χ3v) is 4.30. The SMILES string of the molecule is CC(C)NCc1ccc(F)cc1S(=O)(=O)NC(C)(C)C. The first-order valence-corrected chi connectivity index (χ1v) is 8.05. The predicted octanol–water partition coefficient (Wildman–Crippen LogP) is 2.40. The van der Waals surface area contributed by atoms with Crippen molar-refractivity contribution in [3.8, 4) is 0 Å². The molecule has 4 nitrogen and oxygen atoms in total. The minimum absolute atomic E-state index is 0.0134. The van der Waals surface area contributed by atoms with E-state index < -0.39 is 21.4 Å². The highest BCUT2D eigenvalue weighted by Gasteiger charge is 2.24. The largest absolute Gasteiger partial charge is 0.310 e. The molecule has 0 spiro atoms. The van der Waals surface area contributed by atoms with Crippen LogP contribution in [0, 0.1) is 5.82 Å². The van der Waals surface area contributed by atoms with Gasteiger partial charge in [0.15, 0.2) is 0 Å². The van der Waals surface area contributed by atoms with E-state index in [1.54, 1.807) is 20.8 Å². The molecule has 6 heteroatoms. The fourth-order valence-electron chi connectivity index (χ4n) is 1.70. The summed E-state index contributed by atoms with van der Waals surface area (Å²) >= 11 is 0. The Balaban J connectivity index is 3.18. The van der Waals surface area contributed by atoms with Gasteiger partial charge in [0.1, 0.15) is 5.82 Å². The van der Waals surface area contributed by atoms with Gasteiger partial charge in [-0.1, -0.05) is 19.9 Å². The Labute approximate surface area is 120 Å². The number of rotatable bonds is 5. The average molecular weight is 302 g/mol. The zero-order chi connectivity index (χ0) is 15.6. The summed E-state index contributed by atoms with van der Waals surface area (Å²) in [5.41, 5.74) is -0.0645.